The van der Waals surface area contributed by atoms with Crippen molar-refractivity contribution in [1.29, 1.82) is 0 Å². The summed E-state index contributed by atoms with van der Waals surface area (Å²) in [5, 5.41) is 6.29. The summed E-state index contributed by atoms with van der Waals surface area (Å²) in [6.45, 7) is 1.55. The summed E-state index contributed by atoms with van der Waals surface area (Å²) in [4.78, 5) is 40.0. The number of furan rings is 1. The maximum Gasteiger partial charge on any atom is 0.224 e. The zero-order chi connectivity index (χ0) is 34.5. The largest absolute Gasteiger partial charge is 0.497 e. The predicted octanol–water partition coefficient (Wildman–Crippen LogP) is 4.56. The third-order valence-corrected chi connectivity index (χ3v) is 8.48. The number of rotatable bonds is 12. The number of hydrogen-bond donors (Lipinski definition) is 2. The summed E-state index contributed by atoms with van der Waals surface area (Å²) in [7, 11) is 9.14. The highest BCUT2D eigenvalue weighted by Gasteiger charge is 2.31. The van der Waals surface area contributed by atoms with Crippen LogP contribution in [0.15, 0.2) is 51.7 Å². The third-order valence-electron chi connectivity index (χ3n) is 8.48. The molecule has 48 heavy (non-hydrogen) atoms. The lowest BCUT2D eigenvalue weighted by Gasteiger charge is -2.20. The Morgan fingerprint density at radius 3 is 2.23 bits per heavy atom. The maximum atomic E-state index is 14.1. The molecule has 1 atom stereocenters. The highest BCUT2D eigenvalue weighted by atomic mass is 16.7. The van der Waals surface area contributed by atoms with Crippen molar-refractivity contribution in [3.63, 3.8) is 0 Å². The molecule has 3 aromatic carbocycles. The zero-order valence-corrected chi connectivity index (χ0v) is 28.1. The molecular weight excluding hydrogens is 620 g/mol. The van der Waals surface area contributed by atoms with E-state index in [0.29, 0.717) is 74.8 Å². The van der Waals surface area contributed by atoms with E-state index in [0.717, 1.165) is 5.56 Å². The molecule has 0 aliphatic heterocycles. The first-order chi connectivity index (χ1) is 23.2. The summed E-state index contributed by atoms with van der Waals surface area (Å²) in [6.07, 6.45) is 0.261. The summed E-state index contributed by atoms with van der Waals surface area (Å²) in [5.74, 6) is 1.69. The lowest BCUT2D eigenvalue weighted by atomic mass is 9.94. The van der Waals surface area contributed by atoms with E-state index < -0.39 is 17.8 Å². The van der Waals surface area contributed by atoms with Crippen molar-refractivity contribution in [1.82, 2.24) is 10.6 Å². The number of benzene rings is 2. The van der Waals surface area contributed by atoms with Gasteiger partial charge in [-0.25, -0.2) is 0 Å². The number of carbonyl (C=O) groups is 2. The standard InChI is InChI=1S/C36H40N2O10/c1-19(39)38-27-13-10-21-14-29(43-3)35(46-6)36(47-7)32(21)24-15-25-26(17-30(41)37-18-31(44-4)45-5)33(20-8-11-22(42-2)12-9-20)48-34(25)28(40)16-23(24)27/h8-9,11-12,14-16,27,31H,10,13,17-18H2,1-7H3,(H,37,41)(H,38,39)/t27-/m0/s1. The van der Waals surface area contributed by atoms with Gasteiger partial charge in [-0.15, -0.1) is 0 Å². The molecule has 1 heterocycles. The van der Waals surface area contributed by atoms with Crippen LogP contribution >= 0.6 is 0 Å². The Kier molecular flexibility index (Phi) is 10.6. The van der Waals surface area contributed by atoms with Gasteiger partial charge in [-0.1, -0.05) is 0 Å². The lowest BCUT2D eigenvalue weighted by molar-refractivity contribution is -0.126. The van der Waals surface area contributed by atoms with Gasteiger partial charge in [0.1, 0.15) is 11.5 Å². The van der Waals surface area contributed by atoms with Crippen molar-refractivity contribution in [2.45, 2.75) is 38.5 Å². The quantitative estimate of drug-likeness (QED) is 0.208. The number of hydrogen-bond acceptors (Lipinski definition) is 10. The smallest absolute Gasteiger partial charge is 0.224 e. The number of methoxy groups -OCH3 is 6. The van der Waals surface area contributed by atoms with Crippen molar-refractivity contribution >= 4 is 22.8 Å². The van der Waals surface area contributed by atoms with Gasteiger partial charge >= 0.3 is 0 Å². The Labute approximate surface area is 278 Å². The van der Waals surface area contributed by atoms with Crippen LogP contribution < -0.4 is 35.0 Å². The molecule has 4 aromatic rings. The Morgan fingerprint density at radius 2 is 1.62 bits per heavy atom. The lowest BCUT2D eigenvalue weighted by Crippen LogP contribution is -2.35. The van der Waals surface area contributed by atoms with Crippen LogP contribution in [0, 0.1) is 0 Å². The first-order valence-electron chi connectivity index (χ1n) is 15.4. The van der Waals surface area contributed by atoms with E-state index in [9.17, 15) is 14.4 Å². The van der Waals surface area contributed by atoms with Crippen LogP contribution in [0.5, 0.6) is 23.0 Å². The third kappa shape index (κ3) is 6.67. The molecule has 5 rings (SSSR count). The molecule has 2 N–H and O–H groups in total. The molecule has 1 aliphatic rings. The first-order valence-corrected chi connectivity index (χ1v) is 15.4. The molecule has 0 fully saturated rings. The topological polar surface area (TPSA) is 144 Å². The fourth-order valence-corrected chi connectivity index (χ4v) is 6.21. The number of fused-ring (bicyclic) bond motifs is 4. The van der Waals surface area contributed by atoms with E-state index in [4.69, 9.17) is 32.8 Å². The molecule has 254 valence electrons. The minimum absolute atomic E-state index is 0.0610. The second-order valence-corrected chi connectivity index (χ2v) is 11.3. The Morgan fingerprint density at radius 1 is 0.917 bits per heavy atom. The van der Waals surface area contributed by atoms with Crippen LogP contribution in [0.3, 0.4) is 0 Å². The van der Waals surface area contributed by atoms with Crippen molar-refractivity contribution < 1.29 is 42.4 Å². The second-order valence-electron chi connectivity index (χ2n) is 11.3. The van der Waals surface area contributed by atoms with Gasteiger partial charge in [0, 0.05) is 43.2 Å². The van der Waals surface area contributed by atoms with Crippen LogP contribution in [0.25, 0.3) is 33.4 Å². The summed E-state index contributed by atoms with van der Waals surface area (Å²) < 4.78 is 39.5. The number of aryl methyl sites for hydroxylation is 1. The summed E-state index contributed by atoms with van der Waals surface area (Å²) >= 11 is 0. The van der Waals surface area contributed by atoms with E-state index in [1.807, 2.05) is 12.1 Å². The van der Waals surface area contributed by atoms with Crippen LogP contribution in [-0.4, -0.2) is 67.3 Å². The number of ether oxygens (including phenoxy) is 6. The fourth-order valence-electron chi connectivity index (χ4n) is 6.21. The molecule has 12 heteroatoms. The van der Waals surface area contributed by atoms with Crippen LogP contribution in [0.2, 0.25) is 0 Å². The van der Waals surface area contributed by atoms with E-state index in [1.54, 1.807) is 38.5 Å². The second kappa shape index (κ2) is 14.8. The molecule has 0 bridgehead atoms. The minimum Gasteiger partial charge on any atom is -0.497 e. The predicted molar refractivity (Wildman–Crippen MR) is 179 cm³/mol. The highest BCUT2D eigenvalue weighted by molar-refractivity contribution is 5.96. The maximum absolute atomic E-state index is 14.1. The summed E-state index contributed by atoms with van der Waals surface area (Å²) in [5.41, 5.74) is 3.54. The monoisotopic (exact) mass is 660 g/mol. The van der Waals surface area contributed by atoms with Crippen molar-refractivity contribution in [2.24, 2.45) is 0 Å². The molecule has 1 aliphatic carbocycles. The van der Waals surface area contributed by atoms with Crippen molar-refractivity contribution in [3.8, 4) is 45.4 Å². The van der Waals surface area contributed by atoms with Crippen LogP contribution in [-0.2, 0) is 31.9 Å². The Balaban J connectivity index is 1.84. The van der Waals surface area contributed by atoms with Gasteiger partial charge in [0.2, 0.25) is 23.0 Å². The molecule has 0 unspecified atom stereocenters. The minimum atomic E-state index is -0.639. The first kappa shape index (κ1) is 34.3. The number of carbonyl (C=O) groups excluding carboxylic acids is 2. The van der Waals surface area contributed by atoms with E-state index in [-0.39, 0.29) is 30.4 Å². The van der Waals surface area contributed by atoms with Gasteiger partial charge in [-0.2, -0.15) is 0 Å². The average molecular weight is 661 g/mol. The van der Waals surface area contributed by atoms with E-state index in [2.05, 4.69) is 10.6 Å². The number of nitrogens with one attached hydrogen (secondary N) is 2. The van der Waals surface area contributed by atoms with Crippen LogP contribution in [0.4, 0.5) is 0 Å². The molecule has 2 amide bonds. The van der Waals surface area contributed by atoms with Gasteiger partial charge in [-0.05, 0) is 72.0 Å². The van der Waals surface area contributed by atoms with Gasteiger partial charge in [0.15, 0.2) is 23.4 Å². The van der Waals surface area contributed by atoms with Gasteiger partial charge in [-0.3, -0.25) is 14.4 Å². The Hall–Kier alpha value is -5.07. The molecule has 0 saturated carbocycles. The Bertz CT molecular complexity index is 1880. The fraction of sp³-hybridized carbons (Fsp3) is 0.361. The van der Waals surface area contributed by atoms with Gasteiger partial charge < -0.3 is 43.5 Å². The van der Waals surface area contributed by atoms with Crippen molar-refractivity contribution in [2.75, 3.05) is 49.2 Å². The molecule has 12 nitrogen and oxygen atoms in total. The van der Waals surface area contributed by atoms with E-state index in [1.165, 1.54) is 41.4 Å². The molecule has 0 saturated heterocycles. The summed E-state index contributed by atoms with van der Waals surface area (Å²) in [6, 6.07) is 11.9. The molecule has 0 spiro atoms. The normalized spacial score (nSPS) is 13.7. The molecule has 1 aromatic heterocycles. The highest BCUT2D eigenvalue weighted by Crippen LogP contribution is 2.51. The SMILES string of the molecule is COc1ccc(-c2oc3c(=O)cc4c(cc3c2CC(=O)NCC(OC)OC)-c2c(cc(OC)c(OC)c2OC)CC[C@@H]4NC(C)=O)cc1. The van der Waals surface area contributed by atoms with Crippen LogP contribution in [0.1, 0.15) is 36.1 Å². The molecule has 0 radical (unpaired) electrons. The average Bonchev–Trinajstić information content (AvgIpc) is 3.29. The van der Waals surface area contributed by atoms with E-state index >= 15 is 0 Å². The zero-order valence-electron chi connectivity index (χ0n) is 28.1. The van der Waals surface area contributed by atoms with Crippen molar-refractivity contribution in [3.05, 3.63) is 69.4 Å². The van der Waals surface area contributed by atoms with Gasteiger partial charge in [0.25, 0.3) is 0 Å². The molecular formula is C36H40N2O10. The van der Waals surface area contributed by atoms with Gasteiger partial charge in [0.05, 0.1) is 47.4 Å². The number of amides is 2.